The van der Waals surface area contributed by atoms with Crippen LogP contribution in [0.3, 0.4) is 0 Å². The van der Waals surface area contributed by atoms with Crippen molar-refractivity contribution in [2.45, 2.75) is 167 Å². The Kier molecular flexibility index (Phi) is 22.9. The summed E-state index contributed by atoms with van der Waals surface area (Å²) in [5.74, 6) is -6.73. The van der Waals surface area contributed by atoms with Crippen molar-refractivity contribution < 1.29 is 70.5 Å². The number of benzene rings is 4. The average Bonchev–Trinajstić information content (AvgIpc) is 1.60. The first-order chi connectivity index (χ1) is 45.3. The first kappa shape index (κ1) is 72.1. The zero-order valence-corrected chi connectivity index (χ0v) is 57.0. The average molecular weight is 1340 g/mol. The van der Waals surface area contributed by atoms with Crippen molar-refractivity contribution in [3.8, 4) is 0 Å². The second-order valence-electron chi connectivity index (χ2n) is 28.4. The molecule has 22 nitrogen and oxygen atoms in total. The van der Waals surface area contributed by atoms with E-state index in [1.54, 1.807) is 43.9 Å². The van der Waals surface area contributed by atoms with Gasteiger partial charge in [-0.3, -0.25) is 43.5 Å². The molecule has 5 aliphatic heterocycles. The summed E-state index contributed by atoms with van der Waals surface area (Å²) in [5.41, 5.74) is 1.47. The number of carbonyl (C=O) groups excluding carboxylic acids is 8. The van der Waals surface area contributed by atoms with Gasteiger partial charge < -0.3 is 54.9 Å². The van der Waals surface area contributed by atoms with Gasteiger partial charge in [0.25, 0.3) is 5.91 Å². The molecule has 9 rings (SSSR count). The van der Waals surface area contributed by atoms with Gasteiger partial charge in [0.2, 0.25) is 29.5 Å². The van der Waals surface area contributed by atoms with Gasteiger partial charge in [0, 0.05) is 101 Å². The summed E-state index contributed by atoms with van der Waals surface area (Å²) in [6.07, 6.45) is 0.438. The molecular weight excluding hydrogens is 1240 g/mol. The minimum absolute atomic E-state index is 0.0822. The van der Waals surface area contributed by atoms with E-state index in [9.17, 15) is 33.2 Å². The molecular formula is C71H93F3N10O12. The summed E-state index contributed by atoms with van der Waals surface area (Å²) in [6.45, 7) is 22.5. The van der Waals surface area contributed by atoms with Crippen molar-refractivity contribution in [1.82, 2.24) is 35.1 Å². The number of hydrogen-bond acceptors (Lipinski definition) is 14. The zero-order valence-electron chi connectivity index (χ0n) is 57.0. The number of halogens is 3. The van der Waals surface area contributed by atoms with Gasteiger partial charge in [-0.15, -0.1) is 0 Å². The lowest BCUT2D eigenvalue weighted by Crippen LogP contribution is -2.64. The number of morpholine rings is 1. The Labute approximate surface area is 560 Å². The molecule has 7 atom stereocenters. The summed E-state index contributed by atoms with van der Waals surface area (Å²) < 4.78 is 67.0. The molecule has 96 heavy (non-hydrogen) atoms. The molecule has 0 spiro atoms. The third kappa shape index (κ3) is 17.9. The highest BCUT2D eigenvalue weighted by Gasteiger charge is 2.47. The van der Waals surface area contributed by atoms with E-state index < -0.39 is 106 Å². The molecule has 0 bridgehead atoms. The number of carbonyl (C=O) groups is 8. The molecule has 4 aromatic rings. The summed E-state index contributed by atoms with van der Waals surface area (Å²) in [6, 6.07) is 15.8. The smallest absolute Gasteiger partial charge is 0.410 e. The van der Waals surface area contributed by atoms with E-state index >= 15 is 18.4 Å². The predicted octanol–water partition coefficient (Wildman–Crippen LogP) is 8.44. The molecule has 520 valence electrons. The molecule has 0 unspecified atom stereocenters. The Morgan fingerprint density at radius 1 is 0.771 bits per heavy atom. The molecule has 5 aliphatic rings. The first-order valence-corrected chi connectivity index (χ1v) is 33.2. The Morgan fingerprint density at radius 3 is 2.14 bits per heavy atom. The van der Waals surface area contributed by atoms with Crippen LogP contribution in [-0.4, -0.2) is 193 Å². The topological polar surface area (TPSA) is 241 Å². The van der Waals surface area contributed by atoms with Crippen LogP contribution in [-0.2, 0) is 66.1 Å². The number of hydrogen-bond donors (Lipinski definition) is 4. The van der Waals surface area contributed by atoms with Gasteiger partial charge in [-0.2, -0.15) is 0 Å². The van der Waals surface area contributed by atoms with Crippen molar-refractivity contribution in [3.63, 3.8) is 0 Å². The number of piperazine rings is 1. The van der Waals surface area contributed by atoms with E-state index in [2.05, 4.69) is 44.9 Å². The van der Waals surface area contributed by atoms with Crippen LogP contribution in [0.15, 0.2) is 78.9 Å². The molecule has 25 heteroatoms. The van der Waals surface area contributed by atoms with Crippen LogP contribution in [0.4, 0.5) is 39.8 Å². The van der Waals surface area contributed by atoms with Gasteiger partial charge in [0.15, 0.2) is 0 Å². The fourth-order valence-corrected chi connectivity index (χ4v) is 13.3. The summed E-state index contributed by atoms with van der Waals surface area (Å²) in [5, 5.41) is 10.8. The highest BCUT2D eigenvalue weighted by Crippen LogP contribution is 2.45. The van der Waals surface area contributed by atoms with Crippen LogP contribution in [0.25, 0.3) is 0 Å². The molecule has 8 amide bonds. The van der Waals surface area contributed by atoms with Crippen molar-refractivity contribution in [2.24, 2.45) is 5.92 Å². The Hall–Kier alpha value is -8.13. The zero-order chi connectivity index (χ0) is 69.6. The van der Waals surface area contributed by atoms with E-state index in [-0.39, 0.29) is 73.9 Å². The maximum atomic E-state index is 15.2. The quantitative estimate of drug-likeness (QED) is 0.0480. The number of nitrogens with zero attached hydrogens (tertiary/aromatic N) is 6. The van der Waals surface area contributed by atoms with Gasteiger partial charge in [0.05, 0.1) is 19.8 Å². The first-order valence-electron chi connectivity index (χ1n) is 33.2. The molecule has 3 fully saturated rings. The van der Waals surface area contributed by atoms with Crippen LogP contribution in [0.1, 0.15) is 135 Å². The largest absolute Gasteiger partial charge is 0.444 e. The SMILES string of the molecule is C[C@@H]1COCCN1C[C@H]1CN(C(=O)OC(C)(C)C)[C@@H](C)CN1CC(=O)N1C[C@@](C)(CCCNC(=O)CC(=O)Nc2ccc3c(c2)[C@@H](C(=O)Nc2c(F)cccc2F)N(C(=O)[C@@H](NC(=O)[C@H](C)N(C)C(=O)OC(C)(C)C)C2CCOCC2)C3)c2ccc(Cc3ccc(F)cc3)cc21. The second kappa shape index (κ2) is 30.5. The number of likely N-dealkylation sites (N-methyl/N-ethyl adjacent to an activating group) is 1. The maximum absolute atomic E-state index is 15.2. The van der Waals surface area contributed by atoms with Gasteiger partial charge in [0.1, 0.15) is 58.9 Å². The lowest BCUT2D eigenvalue weighted by Gasteiger charge is -2.47. The van der Waals surface area contributed by atoms with Gasteiger partial charge in [-0.25, -0.2) is 22.8 Å². The van der Waals surface area contributed by atoms with Gasteiger partial charge >= 0.3 is 12.2 Å². The highest BCUT2D eigenvalue weighted by molar-refractivity contribution is 6.04. The summed E-state index contributed by atoms with van der Waals surface area (Å²) in [4.78, 5) is 123. The minimum atomic E-state index is -1.55. The molecule has 5 heterocycles. The molecule has 4 aromatic carbocycles. The van der Waals surface area contributed by atoms with Crippen molar-refractivity contribution in [1.29, 1.82) is 0 Å². The number of amides is 8. The van der Waals surface area contributed by atoms with Gasteiger partial charge in [-0.05, 0) is 171 Å². The molecule has 3 saturated heterocycles. The molecule has 0 aliphatic carbocycles. The second-order valence-corrected chi connectivity index (χ2v) is 28.4. The van der Waals surface area contributed by atoms with E-state index in [0.717, 1.165) is 45.5 Å². The van der Waals surface area contributed by atoms with Crippen LogP contribution < -0.4 is 26.2 Å². The fourth-order valence-electron chi connectivity index (χ4n) is 13.3. The van der Waals surface area contributed by atoms with E-state index in [4.69, 9.17) is 18.9 Å². The number of fused-ring (bicyclic) bond motifs is 2. The predicted molar refractivity (Wildman–Crippen MR) is 354 cm³/mol. The normalized spacial score (nSPS) is 21.5. The minimum Gasteiger partial charge on any atom is -0.444 e. The van der Waals surface area contributed by atoms with Crippen LogP contribution >= 0.6 is 0 Å². The number of anilines is 3. The number of para-hydroxylation sites is 1. The summed E-state index contributed by atoms with van der Waals surface area (Å²) in [7, 11) is 1.39. The van der Waals surface area contributed by atoms with Crippen molar-refractivity contribution in [3.05, 3.63) is 124 Å². The van der Waals surface area contributed by atoms with Crippen molar-refractivity contribution >= 4 is 64.7 Å². The summed E-state index contributed by atoms with van der Waals surface area (Å²) >= 11 is 0. The maximum Gasteiger partial charge on any atom is 0.410 e. The van der Waals surface area contributed by atoms with E-state index in [1.807, 2.05) is 50.8 Å². The monoisotopic (exact) mass is 1330 g/mol. The third-order valence-electron chi connectivity index (χ3n) is 18.6. The number of rotatable bonds is 20. The van der Waals surface area contributed by atoms with Crippen LogP contribution in [0.5, 0.6) is 0 Å². The highest BCUT2D eigenvalue weighted by atomic mass is 19.1. The lowest BCUT2D eigenvalue weighted by molar-refractivity contribution is -0.144. The van der Waals surface area contributed by atoms with E-state index in [0.29, 0.717) is 83.6 Å². The van der Waals surface area contributed by atoms with E-state index in [1.165, 1.54) is 43.1 Å². The standard InChI is InChI=1S/C71H93F3N10O12/c1-43-36-81(52(38-80-28-31-94-41-44(80)2)39-82(43)68(92)96-70(7,8)9)40-60(87)84-42-71(10,54-23-18-47(33-57(54)84)32-46-16-20-50(72)21-17-46)26-13-27-75-58(85)35-59(86)76-51-22-19-49-37-83(63(53(49)34-51)65(89)78-62-55(73)14-12-15-56(62)74)66(90)61(48-24-29-93-30-25-48)77-64(88)45(3)79(11)67(91)95-69(4,5)6/h12,14-23,33-34,43-45,48,52,61,63H,13,24-32,35-42H2,1-11H3,(H,75,85)(H,76,86)(H,77,88)(H,78,89)/t43-,44+,45-,52-,61-,63-,71+/m0/s1. The van der Waals surface area contributed by atoms with Crippen molar-refractivity contribution in [2.75, 3.05) is 94.8 Å². The molecule has 0 aromatic heterocycles. The van der Waals surface area contributed by atoms with Crippen LogP contribution in [0.2, 0.25) is 0 Å². The van der Waals surface area contributed by atoms with Gasteiger partial charge in [-0.1, -0.05) is 43.3 Å². The lowest BCUT2D eigenvalue weighted by atomic mass is 9.80. The third-order valence-corrected chi connectivity index (χ3v) is 18.6. The Morgan fingerprint density at radius 2 is 1.46 bits per heavy atom. The molecule has 0 saturated carbocycles. The molecule has 4 N–H and O–H groups in total. The molecule has 0 radical (unpaired) electrons. The fraction of sp³-hybridized carbons (Fsp3) is 0.549. The number of ether oxygens (including phenoxy) is 4. The Balaban J connectivity index is 0.874. The Bertz CT molecular complexity index is 3500. The van der Waals surface area contributed by atoms with Crippen LogP contribution in [0, 0.1) is 23.4 Å². The number of nitrogens with one attached hydrogen (secondary N) is 4.